The van der Waals surface area contributed by atoms with Crippen LogP contribution in [-0.4, -0.2) is 28.2 Å². The molecule has 0 saturated carbocycles. The van der Waals surface area contributed by atoms with Crippen LogP contribution in [0.3, 0.4) is 0 Å². The van der Waals surface area contributed by atoms with Gasteiger partial charge in [-0.1, -0.05) is 20.8 Å². The number of carboxylic acids is 1. The summed E-state index contributed by atoms with van der Waals surface area (Å²) >= 11 is 0. The van der Waals surface area contributed by atoms with Gasteiger partial charge in [0.15, 0.2) is 0 Å². The quantitative estimate of drug-likeness (QED) is 0.736. The largest absolute Gasteiger partial charge is 0.480 e. The summed E-state index contributed by atoms with van der Waals surface area (Å²) in [5, 5.41) is 9.18. The minimum Gasteiger partial charge on any atom is -0.480 e. The molecule has 0 unspecified atom stereocenters. The highest BCUT2D eigenvalue weighted by Gasteiger charge is 2.47. The summed E-state index contributed by atoms with van der Waals surface area (Å²) in [7, 11) is 0. The fourth-order valence-electron chi connectivity index (χ4n) is 1.27. The Morgan fingerprint density at radius 1 is 1.12 bits per heavy atom. The first-order valence-corrected chi connectivity index (χ1v) is 5.54. The molecule has 0 aliphatic heterocycles. The first-order valence-electron chi connectivity index (χ1n) is 5.54. The summed E-state index contributed by atoms with van der Waals surface area (Å²) in [5.74, 6) is -1.80. The van der Waals surface area contributed by atoms with Gasteiger partial charge in [0.05, 0.1) is 6.42 Å². The van der Waals surface area contributed by atoms with Gasteiger partial charge in [0.1, 0.15) is 11.1 Å². The second kappa shape index (κ2) is 4.64. The lowest BCUT2D eigenvalue weighted by molar-refractivity contribution is -0.164. The number of nitrogens with two attached hydrogens (primary N) is 1. The van der Waals surface area contributed by atoms with E-state index in [4.69, 9.17) is 10.5 Å². The molecule has 0 spiro atoms. The van der Waals surface area contributed by atoms with E-state index < -0.39 is 28.5 Å². The Balaban J connectivity index is 4.93. The van der Waals surface area contributed by atoms with Crippen molar-refractivity contribution >= 4 is 11.9 Å². The molecule has 100 valence electrons. The van der Waals surface area contributed by atoms with Crippen molar-refractivity contribution in [1.29, 1.82) is 0 Å². The molecule has 0 saturated heterocycles. The van der Waals surface area contributed by atoms with E-state index in [1.165, 1.54) is 0 Å². The lowest BCUT2D eigenvalue weighted by Gasteiger charge is -2.37. The third kappa shape index (κ3) is 4.34. The van der Waals surface area contributed by atoms with Gasteiger partial charge in [-0.3, -0.25) is 9.59 Å². The summed E-state index contributed by atoms with van der Waals surface area (Å²) in [6, 6.07) is 0. The molecule has 0 rings (SSSR count). The fourth-order valence-corrected chi connectivity index (χ4v) is 1.27. The van der Waals surface area contributed by atoms with Gasteiger partial charge in [-0.25, -0.2) is 0 Å². The molecule has 0 radical (unpaired) electrons. The van der Waals surface area contributed by atoms with Crippen LogP contribution >= 0.6 is 0 Å². The number of hydrogen-bond donors (Lipinski definition) is 2. The Bertz CT molecular complexity index is 311. The van der Waals surface area contributed by atoms with Crippen LogP contribution in [0.1, 0.15) is 48.0 Å². The number of carboxylic acid groups (broad SMARTS) is 1. The van der Waals surface area contributed by atoms with E-state index in [0.717, 1.165) is 0 Å². The van der Waals surface area contributed by atoms with Crippen LogP contribution in [0.15, 0.2) is 0 Å². The molecule has 0 aromatic heterocycles. The van der Waals surface area contributed by atoms with Gasteiger partial charge in [0.25, 0.3) is 0 Å². The highest BCUT2D eigenvalue weighted by Crippen LogP contribution is 2.32. The lowest BCUT2D eigenvalue weighted by atomic mass is 9.72. The number of carbonyl (C=O) groups is 2. The Morgan fingerprint density at radius 2 is 1.53 bits per heavy atom. The van der Waals surface area contributed by atoms with Crippen LogP contribution in [0.2, 0.25) is 0 Å². The third-order valence-electron chi connectivity index (χ3n) is 2.56. The van der Waals surface area contributed by atoms with Crippen molar-refractivity contribution < 1.29 is 19.4 Å². The van der Waals surface area contributed by atoms with Gasteiger partial charge in [0, 0.05) is 0 Å². The molecule has 0 amide bonds. The first kappa shape index (κ1) is 15.9. The monoisotopic (exact) mass is 245 g/mol. The van der Waals surface area contributed by atoms with Crippen molar-refractivity contribution in [3.8, 4) is 0 Å². The van der Waals surface area contributed by atoms with E-state index in [1.807, 2.05) is 0 Å². The van der Waals surface area contributed by atoms with Crippen molar-refractivity contribution in [3.63, 3.8) is 0 Å². The second-order valence-corrected chi connectivity index (χ2v) is 6.29. The third-order valence-corrected chi connectivity index (χ3v) is 2.56. The van der Waals surface area contributed by atoms with Gasteiger partial charge < -0.3 is 15.6 Å². The number of hydrogen-bond acceptors (Lipinski definition) is 4. The maximum Gasteiger partial charge on any atom is 0.324 e. The van der Waals surface area contributed by atoms with Crippen LogP contribution in [0.25, 0.3) is 0 Å². The SMILES string of the molecule is CC(C)(C)OC(=O)C[C@](N)(C(=O)O)C(C)(C)C. The van der Waals surface area contributed by atoms with E-state index in [2.05, 4.69) is 0 Å². The summed E-state index contributed by atoms with van der Waals surface area (Å²) < 4.78 is 5.10. The smallest absolute Gasteiger partial charge is 0.324 e. The van der Waals surface area contributed by atoms with Gasteiger partial charge in [0.2, 0.25) is 0 Å². The van der Waals surface area contributed by atoms with Crippen molar-refractivity contribution in [2.45, 2.75) is 59.1 Å². The van der Waals surface area contributed by atoms with Crippen LogP contribution in [0.4, 0.5) is 0 Å². The normalized spacial score (nSPS) is 16.2. The van der Waals surface area contributed by atoms with E-state index in [-0.39, 0.29) is 6.42 Å². The van der Waals surface area contributed by atoms with Crippen LogP contribution in [0, 0.1) is 5.41 Å². The molecular formula is C12H23NO4. The summed E-state index contributed by atoms with van der Waals surface area (Å²) in [6.07, 6.45) is -0.344. The number of rotatable bonds is 3. The van der Waals surface area contributed by atoms with Crippen LogP contribution < -0.4 is 5.73 Å². The molecular weight excluding hydrogens is 222 g/mol. The predicted molar refractivity (Wildman–Crippen MR) is 64.5 cm³/mol. The Morgan fingerprint density at radius 3 is 1.76 bits per heavy atom. The molecule has 0 aliphatic carbocycles. The van der Waals surface area contributed by atoms with E-state index in [1.54, 1.807) is 41.5 Å². The minimum absolute atomic E-state index is 0.344. The van der Waals surface area contributed by atoms with Crippen LogP contribution in [-0.2, 0) is 14.3 Å². The van der Waals surface area contributed by atoms with Gasteiger partial charge >= 0.3 is 11.9 Å². The van der Waals surface area contributed by atoms with Crippen molar-refractivity contribution in [1.82, 2.24) is 0 Å². The zero-order chi connectivity index (χ0) is 14.1. The maximum atomic E-state index is 11.7. The Labute approximate surface area is 102 Å². The van der Waals surface area contributed by atoms with Gasteiger partial charge in [-0.15, -0.1) is 0 Å². The lowest BCUT2D eigenvalue weighted by Crippen LogP contribution is -2.59. The molecule has 0 aliphatic rings. The number of esters is 1. The summed E-state index contributed by atoms with van der Waals surface area (Å²) in [4.78, 5) is 22.9. The topological polar surface area (TPSA) is 89.6 Å². The highest BCUT2D eigenvalue weighted by atomic mass is 16.6. The average Bonchev–Trinajstić information content (AvgIpc) is 1.96. The van der Waals surface area contributed by atoms with E-state index in [0.29, 0.717) is 0 Å². The summed E-state index contributed by atoms with van der Waals surface area (Å²) in [5.41, 5.74) is 2.82. The molecule has 0 heterocycles. The van der Waals surface area contributed by atoms with Crippen molar-refractivity contribution in [2.75, 3.05) is 0 Å². The standard InChI is InChI=1S/C12H23NO4/c1-10(2,3)12(13,9(15)16)7-8(14)17-11(4,5)6/h7,13H2,1-6H3,(H,15,16)/t12-/m0/s1. The molecule has 5 nitrogen and oxygen atoms in total. The van der Waals surface area contributed by atoms with Crippen molar-refractivity contribution in [3.05, 3.63) is 0 Å². The number of aliphatic carboxylic acids is 1. The minimum atomic E-state index is -1.63. The number of ether oxygens (including phenoxy) is 1. The van der Waals surface area contributed by atoms with Crippen molar-refractivity contribution in [2.24, 2.45) is 11.1 Å². The first-order chi connectivity index (χ1) is 7.29. The Kier molecular flexibility index (Phi) is 4.34. The zero-order valence-corrected chi connectivity index (χ0v) is 11.5. The molecule has 17 heavy (non-hydrogen) atoms. The fraction of sp³-hybridized carbons (Fsp3) is 0.833. The van der Waals surface area contributed by atoms with E-state index >= 15 is 0 Å². The highest BCUT2D eigenvalue weighted by molar-refractivity contribution is 5.86. The molecule has 0 bridgehead atoms. The Hall–Kier alpha value is -1.10. The average molecular weight is 245 g/mol. The molecule has 0 aromatic carbocycles. The van der Waals surface area contributed by atoms with E-state index in [9.17, 15) is 14.7 Å². The molecule has 0 fully saturated rings. The number of carbonyl (C=O) groups excluding carboxylic acids is 1. The molecule has 3 N–H and O–H groups in total. The molecule has 0 aromatic rings. The van der Waals surface area contributed by atoms with Gasteiger partial charge in [-0.2, -0.15) is 0 Å². The second-order valence-electron chi connectivity index (χ2n) is 6.29. The molecule has 5 heteroatoms. The maximum absolute atomic E-state index is 11.7. The van der Waals surface area contributed by atoms with Crippen LogP contribution in [0.5, 0.6) is 0 Å². The predicted octanol–water partition coefficient (Wildman–Crippen LogP) is 1.55. The molecule has 1 atom stereocenters. The summed E-state index contributed by atoms with van der Waals surface area (Å²) in [6.45, 7) is 10.2. The zero-order valence-electron chi connectivity index (χ0n) is 11.5. The van der Waals surface area contributed by atoms with Gasteiger partial charge in [-0.05, 0) is 26.2 Å².